The lowest BCUT2D eigenvalue weighted by atomic mass is 10.1. The lowest BCUT2D eigenvalue weighted by Gasteiger charge is -2.31. The van der Waals surface area contributed by atoms with Crippen molar-refractivity contribution >= 4 is 28.3 Å². The number of aryl methyl sites for hydroxylation is 2. The third-order valence-electron chi connectivity index (χ3n) is 6.90. The van der Waals surface area contributed by atoms with Crippen LogP contribution in [0, 0.1) is 13.8 Å². The van der Waals surface area contributed by atoms with E-state index >= 15 is 0 Å². The summed E-state index contributed by atoms with van der Waals surface area (Å²) >= 11 is 0. The zero-order valence-corrected chi connectivity index (χ0v) is 22.6. The molecule has 0 aliphatic carbocycles. The Bertz CT molecular complexity index is 1520. The van der Waals surface area contributed by atoms with Gasteiger partial charge in [0.1, 0.15) is 35.5 Å². The molecule has 3 heterocycles. The Balaban J connectivity index is 1.46. The van der Waals surface area contributed by atoms with Gasteiger partial charge < -0.3 is 28.8 Å². The maximum atomic E-state index is 11.9. The number of carbonyl (C=O) groups excluding carboxylic acids is 1. The van der Waals surface area contributed by atoms with Crippen LogP contribution in [0.4, 0.5) is 11.5 Å². The summed E-state index contributed by atoms with van der Waals surface area (Å²) in [5.74, 6) is 4.06. The monoisotopic (exact) mass is 528 g/mol. The van der Waals surface area contributed by atoms with Gasteiger partial charge in [0.05, 0.1) is 25.4 Å². The molecule has 0 bridgehead atoms. The van der Waals surface area contributed by atoms with Crippen LogP contribution in [0.15, 0.2) is 59.8 Å². The molecule has 0 radical (unpaired) electrons. The van der Waals surface area contributed by atoms with E-state index in [9.17, 15) is 4.79 Å². The number of anilines is 2. The number of rotatable bonds is 8. The Labute approximate surface area is 227 Å². The largest absolute Gasteiger partial charge is 0.495 e. The number of nitrogens with zero attached hydrogens (tertiary/aromatic N) is 3. The van der Waals surface area contributed by atoms with Crippen molar-refractivity contribution in [2.24, 2.45) is 0 Å². The number of piperidine rings is 1. The van der Waals surface area contributed by atoms with Gasteiger partial charge in [-0.15, -0.1) is 0 Å². The van der Waals surface area contributed by atoms with Crippen LogP contribution in [0.2, 0.25) is 0 Å². The average Bonchev–Trinajstić information content (AvgIpc) is 3.30. The van der Waals surface area contributed by atoms with Crippen LogP contribution in [0.3, 0.4) is 0 Å². The van der Waals surface area contributed by atoms with Crippen LogP contribution in [0.25, 0.3) is 22.2 Å². The molecule has 1 fully saturated rings. The van der Waals surface area contributed by atoms with Gasteiger partial charge in [0.15, 0.2) is 11.5 Å². The highest BCUT2D eigenvalue weighted by Crippen LogP contribution is 2.39. The predicted octanol–water partition coefficient (Wildman–Crippen LogP) is 5.82. The lowest BCUT2D eigenvalue weighted by Crippen LogP contribution is -2.41. The Kier molecular flexibility index (Phi) is 7.40. The highest BCUT2D eigenvalue weighted by molar-refractivity contribution is 5.94. The number of fused-ring (bicyclic) bond motifs is 1. The molecule has 9 nitrogen and oxygen atoms in total. The zero-order valence-electron chi connectivity index (χ0n) is 22.6. The average molecular weight is 529 g/mol. The van der Waals surface area contributed by atoms with Gasteiger partial charge >= 0.3 is 0 Å². The van der Waals surface area contributed by atoms with Gasteiger partial charge in [-0.1, -0.05) is 6.58 Å². The van der Waals surface area contributed by atoms with Crippen molar-refractivity contribution in [3.8, 4) is 28.6 Å². The zero-order chi connectivity index (χ0) is 27.5. The molecule has 1 saturated heterocycles. The molecule has 4 aromatic rings. The summed E-state index contributed by atoms with van der Waals surface area (Å²) in [6, 6.07) is 11.6. The molecule has 1 amide bonds. The molecule has 0 atom stereocenters. The number of carbonyl (C=O) groups is 1. The van der Waals surface area contributed by atoms with Crippen molar-refractivity contribution in [2.75, 3.05) is 32.6 Å². The number of aromatic nitrogens is 2. The first-order chi connectivity index (χ1) is 18.9. The maximum absolute atomic E-state index is 11.9. The van der Waals surface area contributed by atoms with Crippen LogP contribution in [0.5, 0.6) is 17.2 Å². The molecule has 0 spiro atoms. The Hall–Kier alpha value is -4.53. The van der Waals surface area contributed by atoms with Crippen molar-refractivity contribution in [3.63, 3.8) is 0 Å². The number of ether oxygens (including phenoxy) is 3. The Morgan fingerprint density at radius 2 is 1.82 bits per heavy atom. The Morgan fingerprint density at radius 1 is 1.05 bits per heavy atom. The fourth-order valence-corrected chi connectivity index (χ4v) is 4.92. The van der Waals surface area contributed by atoms with E-state index in [-0.39, 0.29) is 12.0 Å². The number of hydrogen-bond donors (Lipinski definition) is 1. The van der Waals surface area contributed by atoms with Crippen molar-refractivity contribution in [2.45, 2.75) is 32.8 Å². The number of hydrogen-bond acceptors (Lipinski definition) is 8. The summed E-state index contributed by atoms with van der Waals surface area (Å²) in [7, 11) is 3.24. The third kappa shape index (κ3) is 5.38. The first kappa shape index (κ1) is 26.1. The van der Waals surface area contributed by atoms with Crippen molar-refractivity contribution in [3.05, 3.63) is 66.7 Å². The summed E-state index contributed by atoms with van der Waals surface area (Å²) in [5.41, 5.74) is 3.43. The molecular formula is C30H32N4O5. The van der Waals surface area contributed by atoms with Gasteiger partial charge in [-0.25, -0.2) is 9.97 Å². The van der Waals surface area contributed by atoms with Crippen LogP contribution >= 0.6 is 0 Å². The van der Waals surface area contributed by atoms with Crippen LogP contribution in [-0.2, 0) is 4.79 Å². The summed E-state index contributed by atoms with van der Waals surface area (Å²) in [5, 5.41) is 4.20. The van der Waals surface area contributed by atoms with E-state index in [4.69, 9.17) is 18.6 Å². The minimum absolute atomic E-state index is 0.0528. The predicted molar refractivity (Wildman–Crippen MR) is 150 cm³/mol. The van der Waals surface area contributed by atoms with E-state index in [0.717, 1.165) is 33.7 Å². The molecule has 1 N–H and O–H groups in total. The number of methoxy groups -OCH3 is 2. The van der Waals surface area contributed by atoms with Crippen LogP contribution in [0.1, 0.15) is 24.2 Å². The molecule has 39 heavy (non-hydrogen) atoms. The standard InChI is InChI=1S/C30H32N4O5/c1-6-28(35)34-11-9-21(10-12-34)39-27-15-22-23(16-26(27)37-5)31-17-32-30(22)33-24-14-20(7-8-25(24)36-4)29-18(2)13-19(3)38-29/h6-8,13-17,21H,1,9-12H2,2-5H3,(H,31,32,33). The fraction of sp³-hybridized carbons (Fsp3) is 0.300. The van der Waals surface area contributed by atoms with Crippen LogP contribution in [-0.4, -0.2) is 54.2 Å². The van der Waals surface area contributed by atoms with Gasteiger partial charge in [-0.05, 0) is 55.8 Å². The molecule has 1 aliphatic rings. The number of amides is 1. The minimum atomic E-state index is -0.0542. The van der Waals surface area contributed by atoms with Crippen molar-refractivity contribution < 1.29 is 23.4 Å². The summed E-state index contributed by atoms with van der Waals surface area (Å²) in [6.45, 7) is 8.77. The smallest absolute Gasteiger partial charge is 0.245 e. The number of likely N-dealkylation sites (tertiary alicyclic amines) is 1. The first-order valence-electron chi connectivity index (χ1n) is 12.8. The summed E-state index contributed by atoms with van der Waals surface area (Å²) in [4.78, 5) is 22.7. The van der Waals surface area contributed by atoms with E-state index in [1.54, 1.807) is 19.1 Å². The van der Waals surface area contributed by atoms with Gasteiger partial charge in [0, 0.05) is 42.9 Å². The summed E-state index contributed by atoms with van der Waals surface area (Å²) < 4.78 is 23.6. The number of nitrogens with one attached hydrogen (secondary N) is 1. The molecule has 2 aromatic heterocycles. The SMILES string of the molecule is C=CC(=O)N1CCC(Oc2cc3c(Nc4cc(-c5oc(C)cc5C)ccc4OC)ncnc3cc2OC)CC1. The van der Waals surface area contributed by atoms with Crippen molar-refractivity contribution in [1.29, 1.82) is 0 Å². The second kappa shape index (κ2) is 11.1. The molecule has 2 aromatic carbocycles. The van der Waals surface area contributed by atoms with E-state index < -0.39 is 0 Å². The van der Waals surface area contributed by atoms with Crippen molar-refractivity contribution in [1.82, 2.24) is 14.9 Å². The molecule has 202 valence electrons. The second-order valence-electron chi connectivity index (χ2n) is 9.50. The van der Waals surface area contributed by atoms with Gasteiger partial charge in [0.25, 0.3) is 0 Å². The number of furan rings is 1. The molecule has 1 aliphatic heterocycles. The Morgan fingerprint density at radius 3 is 2.49 bits per heavy atom. The quantitative estimate of drug-likeness (QED) is 0.286. The third-order valence-corrected chi connectivity index (χ3v) is 6.90. The highest BCUT2D eigenvalue weighted by Gasteiger charge is 2.24. The maximum Gasteiger partial charge on any atom is 0.245 e. The molecule has 0 saturated carbocycles. The lowest BCUT2D eigenvalue weighted by molar-refractivity contribution is -0.127. The van der Waals surface area contributed by atoms with Gasteiger partial charge in [-0.2, -0.15) is 0 Å². The molecular weight excluding hydrogens is 496 g/mol. The normalized spacial score (nSPS) is 13.8. The van der Waals surface area contributed by atoms with Gasteiger partial charge in [-0.3, -0.25) is 4.79 Å². The topological polar surface area (TPSA) is 99.0 Å². The minimum Gasteiger partial charge on any atom is -0.495 e. The molecule has 9 heteroatoms. The summed E-state index contributed by atoms with van der Waals surface area (Å²) in [6.07, 6.45) is 4.24. The fourth-order valence-electron chi connectivity index (χ4n) is 4.92. The van der Waals surface area contributed by atoms with E-state index in [0.29, 0.717) is 54.5 Å². The number of benzene rings is 2. The van der Waals surface area contributed by atoms with E-state index in [1.807, 2.05) is 50.2 Å². The van der Waals surface area contributed by atoms with E-state index in [2.05, 4.69) is 21.9 Å². The van der Waals surface area contributed by atoms with Crippen LogP contribution < -0.4 is 19.5 Å². The first-order valence-corrected chi connectivity index (χ1v) is 12.8. The highest BCUT2D eigenvalue weighted by atomic mass is 16.5. The second-order valence-corrected chi connectivity index (χ2v) is 9.50. The van der Waals surface area contributed by atoms with E-state index in [1.165, 1.54) is 12.4 Å². The molecule has 5 rings (SSSR count). The molecule has 0 unspecified atom stereocenters. The van der Waals surface area contributed by atoms with Gasteiger partial charge in [0.2, 0.25) is 5.91 Å².